The van der Waals surface area contributed by atoms with Crippen molar-refractivity contribution in [3.8, 4) is 11.5 Å². The molecule has 4 rings (SSSR count). The minimum Gasteiger partial charge on any atom is -0.495 e. The summed E-state index contributed by atoms with van der Waals surface area (Å²) in [5, 5.41) is 2.35. The SMILES string of the molecule is COc1ccc(N2C(=O)NC(=O)C(=Cc3ccc(OC(=O)c4ccccc4)cc3)C2=O)cc1Cl. The fraction of sp³-hybridized carbons (Fsp3) is 0.0400. The Morgan fingerprint density at radius 3 is 2.32 bits per heavy atom. The van der Waals surface area contributed by atoms with Gasteiger partial charge in [0.1, 0.15) is 17.1 Å². The van der Waals surface area contributed by atoms with Gasteiger partial charge in [0.2, 0.25) is 0 Å². The molecule has 0 bridgehead atoms. The van der Waals surface area contributed by atoms with E-state index in [-0.39, 0.29) is 16.3 Å². The Morgan fingerprint density at radius 1 is 0.971 bits per heavy atom. The van der Waals surface area contributed by atoms with Crippen LogP contribution < -0.4 is 19.7 Å². The third-order valence-corrected chi connectivity index (χ3v) is 5.20. The number of anilines is 1. The van der Waals surface area contributed by atoms with Gasteiger partial charge in [-0.3, -0.25) is 14.9 Å². The molecule has 0 saturated carbocycles. The van der Waals surface area contributed by atoms with Crippen molar-refractivity contribution in [3.05, 3.63) is 94.5 Å². The molecule has 1 aliphatic rings. The summed E-state index contributed by atoms with van der Waals surface area (Å²) in [7, 11) is 1.44. The lowest BCUT2D eigenvalue weighted by molar-refractivity contribution is -0.122. The summed E-state index contributed by atoms with van der Waals surface area (Å²) in [5.74, 6) is -1.49. The molecule has 170 valence electrons. The molecule has 0 atom stereocenters. The second-order valence-electron chi connectivity index (χ2n) is 7.10. The topological polar surface area (TPSA) is 102 Å². The lowest BCUT2D eigenvalue weighted by atomic mass is 10.1. The minimum absolute atomic E-state index is 0.176. The highest BCUT2D eigenvalue weighted by molar-refractivity contribution is 6.39. The normalized spacial score (nSPS) is 14.7. The van der Waals surface area contributed by atoms with E-state index in [0.29, 0.717) is 22.6 Å². The summed E-state index contributed by atoms with van der Waals surface area (Å²) < 4.78 is 10.4. The summed E-state index contributed by atoms with van der Waals surface area (Å²) in [5.41, 5.74) is 0.817. The molecule has 3 aromatic rings. The highest BCUT2D eigenvalue weighted by Crippen LogP contribution is 2.31. The van der Waals surface area contributed by atoms with Crippen LogP contribution in [0.25, 0.3) is 6.08 Å². The summed E-state index contributed by atoms with van der Waals surface area (Å²) in [6, 6.07) is 18.2. The monoisotopic (exact) mass is 476 g/mol. The molecule has 8 nitrogen and oxygen atoms in total. The van der Waals surface area contributed by atoms with Crippen LogP contribution in [0.1, 0.15) is 15.9 Å². The number of hydrogen-bond donors (Lipinski definition) is 1. The highest BCUT2D eigenvalue weighted by Gasteiger charge is 2.37. The number of barbiturate groups is 1. The van der Waals surface area contributed by atoms with Crippen LogP contribution in [-0.2, 0) is 9.59 Å². The van der Waals surface area contributed by atoms with Gasteiger partial charge in [0.05, 0.1) is 23.4 Å². The molecule has 0 spiro atoms. The van der Waals surface area contributed by atoms with E-state index in [9.17, 15) is 19.2 Å². The van der Waals surface area contributed by atoms with Gasteiger partial charge < -0.3 is 9.47 Å². The molecule has 1 fully saturated rings. The first-order valence-corrected chi connectivity index (χ1v) is 10.4. The van der Waals surface area contributed by atoms with Gasteiger partial charge in [-0.15, -0.1) is 0 Å². The van der Waals surface area contributed by atoms with Gasteiger partial charge in [0, 0.05) is 0 Å². The molecule has 1 aliphatic heterocycles. The van der Waals surface area contributed by atoms with Gasteiger partial charge in [-0.25, -0.2) is 14.5 Å². The van der Waals surface area contributed by atoms with Crippen LogP contribution >= 0.6 is 11.6 Å². The quantitative estimate of drug-likeness (QED) is 0.256. The van der Waals surface area contributed by atoms with Crippen LogP contribution in [0.4, 0.5) is 10.5 Å². The lowest BCUT2D eigenvalue weighted by Crippen LogP contribution is -2.54. The van der Waals surface area contributed by atoms with Crippen molar-refractivity contribution in [2.75, 3.05) is 12.0 Å². The Kier molecular flexibility index (Phi) is 6.42. The second kappa shape index (κ2) is 9.60. The van der Waals surface area contributed by atoms with Crippen molar-refractivity contribution in [2.24, 2.45) is 0 Å². The van der Waals surface area contributed by atoms with E-state index < -0.39 is 23.8 Å². The number of nitrogens with zero attached hydrogens (tertiary/aromatic N) is 1. The van der Waals surface area contributed by atoms with Crippen molar-refractivity contribution in [2.45, 2.75) is 0 Å². The van der Waals surface area contributed by atoms with E-state index in [4.69, 9.17) is 21.1 Å². The smallest absolute Gasteiger partial charge is 0.343 e. The molecule has 9 heteroatoms. The van der Waals surface area contributed by atoms with Crippen molar-refractivity contribution in [1.29, 1.82) is 0 Å². The summed E-state index contributed by atoms with van der Waals surface area (Å²) in [6.45, 7) is 0. The molecule has 0 unspecified atom stereocenters. The number of methoxy groups -OCH3 is 1. The molecule has 0 aliphatic carbocycles. The molecule has 1 saturated heterocycles. The zero-order valence-corrected chi connectivity index (χ0v) is 18.5. The van der Waals surface area contributed by atoms with E-state index in [2.05, 4.69) is 5.32 Å². The summed E-state index contributed by atoms with van der Waals surface area (Å²) in [6.07, 6.45) is 1.34. The van der Waals surface area contributed by atoms with Gasteiger partial charge in [-0.2, -0.15) is 0 Å². The molecular formula is C25H17ClN2O6. The molecule has 34 heavy (non-hydrogen) atoms. The number of urea groups is 1. The van der Waals surface area contributed by atoms with Crippen molar-refractivity contribution in [3.63, 3.8) is 0 Å². The molecular weight excluding hydrogens is 460 g/mol. The predicted octanol–water partition coefficient (Wildman–Crippen LogP) is 4.23. The predicted molar refractivity (Wildman–Crippen MR) is 125 cm³/mol. The van der Waals surface area contributed by atoms with Crippen molar-refractivity contribution in [1.82, 2.24) is 5.32 Å². The number of halogens is 1. The van der Waals surface area contributed by atoms with E-state index in [1.165, 1.54) is 43.5 Å². The first-order valence-electron chi connectivity index (χ1n) is 9.99. The summed E-state index contributed by atoms with van der Waals surface area (Å²) >= 11 is 6.12. The lowest BCUT2D eigenvalue weighted by Gasteiger charge is -2.26. The number of esters is 1. The number of carbonyl (C=O) groups is 4. The largest absolute Gasteiger partial charge is 0.495 e. The van der Waals surface area contributed by atoms with Crippen LogP contribution in [0, 0.1) is 0 Å². The number of amides is 4. The van der Waals surface area contributed by atoms with E-state index in [0.717, 1.165) is 4.90 Å². The van der Waals surface area contributed by atoms with Gasteiger partial charge in [0.25, 0.3) is 11.8 Å². The fourth-order valence-corrected chi connectivity index (χ4v) is 3.48. The van der Waals surface area contributed by atoms with E-state index in [1.807, 2.05) is 0 Å². The van der Waals surface area contributed by atoms with Crippen molar-refractivity contribution < 1.29 is 28.7 Å². The van der Waals surface area contributed by atoms with Gasteiger partial charge in [-0.05, 0) is 54.1 Å². The van der Waals surface area contributed by atoms with Crippen LogP contribution in [-0.4, -0.2) is 30.9 Å². The van der Waals surface area contributed by atoms with Crippen LogP contribution in [0.5, 0.6) is 11.5 Å². The molecule has 3 aromatic carbocycles. The molecule has 0 radical (unpaired) electrons. The standard InChI is InChI=1S/C25H17ClN2O6/c1-33-21-12-9-17(14-20(21)26)28-23(30)19(22(29)27-25(28)32)13-15-7-10-18(11-8-15)34-24(31)16-5-3-2-4-6-16/h2-14H,1H3,(H,27,29,32). The minimum atomic E-state index is -0.892. The maximum Gasteiger partial charge on any atom is 0.343 e. The maximum atomic E-state index is 13.0. The molecule has 0 aromatic heterocycles. The highest BCUT2D eigenvalue weighted by atomic mass is 35.5. The molecule has 4 amide bonds. The first kappa shape index (κ1) is 22.8. The Morgan fingerprint density at radius 2 is 1.68 bits per heavy atom. The third-order valence-electron chi connectivity index (χ3n) is 4.91. The number of ether oxygens (including phenoxy) is 2. The average Bonchev–Trinajstić information content (AvgIpc) is 2.83. The number of carbonyl (C=O) groups excluding carboxylic acids is 4. The van der Waals surface area contributed by atoms with Gasteiger partial charge >= 0.3 is 12.0 Å². The zero-order chi connectivity index (χ0) is 24.2. The number of rotatable bonds is 5. The molecule has 1 heterocycles. The number of hydrogen-bond acceptors (Lipinski definition) is 6. The zero-order valence-electron chi connectivity index (χ0n) is 17.8. The fourth-order valence-electron chi connectivity index (χ4n) is 3.23. The second-order valence-corrected chi connectivity index (χ2v) is 7.51. The maximum absolute atomic E-state index is 13.0. The molecule has 1 N–H and O–H groups in total. The third kappa shape index (κ3) is 4.67. The van der Waals surface area contributed by atoms with E-state index in [1.54, 1.807) is 42.5 Å². The Balaban J connectivity index is 1.56. The Bertz CT molecular complexity index is 1320. The van der Waals surface area contributed by atoms with Crippen LogP contribution in [0.3, 0.4) is 0 Å². The van der Waals surface area contributed by atoms with Crippen LogP contribution in [0.2, 0.25) is 5.02 Å². The average molecular weight is 477 g/mol. The van der Waals surface area contributed by atoms with Crippen molar-refractivity contribution >= 4 is 47.2 Å². The number of nitrogens with one attached hydrogen (secondary N) is 1. The Hall–Kier alpha value is -4.43. The number of imide groups is 2. The number of benzene rings is 3. The van der Waals surface area contributed by atoms with Crippen LogP contribution in [0.15, 0.2) is 78.4 Å². The summed E-state index contributed by atoms with van der Waals surface area (Å²) in [4.78, 5) is 50.8. The van der Waals surface area contributed by atoms with E-state index >= 15 is 0 Å². The first-order chi connectivity index (χ1) is 16.4. The van der Waals surface area contributed by atoms with Gasteiger partial charge in [-0.1, -0.05) is 41.9 Å². The van der Waals surface area contributed by atoms with Gasteiger partial charge in [0.15, 0.2) is 0 Å². The Labute approximate surface area is 199 Å².